The number of benzene rings is 1. The van der Waals surface area contributed by atoms with Crippen LogP contribution in [-0.4, -0.2) is 11.0 Å². The SMILES string of the molecule is c1ncc(-c2ccc(CNC3CCCCCC3)cc2)o1. The van der Waals surface area contributed by atoms with Crippen molar-refractivity contribution in [3.63, 3.8) is 0 Å². The molecule has 1 saturated carbocycles. The van der Waals surface area contributed by atoms with Gasteiger partial charge >= 0.3 is 0 Å². The molecular formula is C17H22N2O. The molecule has 3 heteroatoms. The van der Waals surface area contributed by atoms with Crippen molar-refractivity contribution in [2.75, 3.05) is 0 Å². The Balaban J connectivity index is 1.55. The summed E-state index contributed by atoms with van der Waals surface area (Å²) in [5.41, 5.74) is 2.42. The summed E-state index contributed by atoms with van der Waals surface area (Å²) in [5, 5.41) is 3.70. The second-order valence-electron chi connectivity index (χ2n) is 5.63. The van der Waals surface area contributed by atoms with Gasteiger partial charge in [0.15, 0.2) is 12.2 Å². The van der Waals surface area contributed by atoms with Crippen LogP contribution in [0.5, 0.6) is 0 Å². The highest BCUT2D eigenvalue weighted by Crippen LogP contribution is 2.20. The lowest BCUT2D eigenvalue weighted by Crippen LogP contribution is -2.27. The van der Waals surface area contributed by atoms with Gasteiger partial charge in [0.05, 0.1) is 6.20 Å². The van der Waals surface area contributed by atoms with Gasteiger partial charge in [0, 0.05) is 18.2 Å². The lowest BCUT2D eigenvalue weighted by atomic mass is 10.1. The maximum atomic E-state index is 5.30. The van der Waals surface area contributed by atoms with Crippen LogP contribution in [0.25, 0.3) is 11.3 Å². The van der Waals surface area contributed by atoms with Gasteiger partial charge in [0.1, 0.15) is 0 Å². The predicted molar refractivity (Wildman–Crippen MR) is 80.3 cm³/mol. The van der Waals surface area contributed by atoms with E-state index in [1.54, 1.807) is 6.20 Å². The number of hydrogen-bond donors (Lipinski definition) is 1. The molecule has 1 N–H and O–H groups in total. The average molecular weight is 270 g/mol. The van der Waals surface area contributed by atoms with Gasteiger partial charge in [0.25, 0.3) is 0 Å². The van der Waals surface area contributed by atoms with Crippen LogP contribution in [0.2, 0.25) is 0 Å². The van der Waals surface area contributed by atoms with E-state index in [-0.39, 0.29) is 0 Å². The normalized spacial score (nSPS) is 17.0. The zero-order valence-electron chi connectivity index (χ0n) is 11.8. The van der Waals surface area contributed by atoms with Crippen molar-refractivity contribution < 1.29 is 4.42 Å². The van der Waals surface area contributed by atoms with Crippen LogP contribution in [0.1, 0.15) is 44.1 Å². The minimum Gasteiger partial charge on any atom is -0.444 e. The van der Waals surface area contributed by atoms with E-state index in [4.69, 9.17) is 4.42 Å². The van der Waals surface area contributed by atoms with Crippen molar-refractivity contribution >= 4 is 0 Å². The molecule has 1 aromatic carbocycles. The average Bonchev–Trinajstić information content (AvgIpc) is 2.90. The zero-order valence-corrected chi connectivity index (χ0v) is 11.8. The molecule has 0 unspecified atom stereocenters. The molecule has 1 fully saturated rings. The van der Waals surface area contributed by atoms with Crippen LogP contribution in [0.4, 0.5) is 0 Å². The summed E-state index contributed by atoms with van der Waals surface area (Å²) in [5.74, 6) is 0.827. The van der Waals surface area contributed by atoms with E-state index in [1.165, 1.54) is 50.5 Å². The molecule has 0 saturated heterocycles. The van der Waals surface area contributed by atoms with E-state index in [0.717, 1.165) is 17.9 Å². The first-order valence-corrected chi connectivity index (χ1v) is 7.63. The molecule has 1 aliphatic carbocycles. The van der Waals surface area contributed by atoms with E-state index >= 15 is 0 Å². The van der Waals surface area contributed by atoms with Crippen molar-refractivity contribution in [3.05, 3.63) is 42.4 Å². The maximum Gasteiger partial charge on any atom is 0.181 e. The Kier molecular flexibility index (Phi) is 4.49. The largest absolute Gasteiger partial charge is 0.444 e. The fourth-order valence-corrected chi connectivity index (χ4v) is 2.89. The van der Waals surface area contributed by atoms with E-state index < -0.39 is 0 Å². The summed E-state index contributed by atoms with van der Waals surface area (Å²) in [7, 11) is 0. The third kappa shape index (κ3) is 3.48. The molecule has 0 radical (unpaired) electrons. The highest BCUT2D eigenvalue weighted by Gasteiger charge is 2.11. The molecule has 0 atom stereocenters. The van der Waals surface area contributed by atoms with Crippen molar-refractivity contribution in [2.45, 2.75) is 51.1 Å². The van der Waals surface area contributed by atoms with Crippen LogP contribution in [0.3, 0.4) is 0 Å². The Labute approximate surface area is 120 Å². The Hall–Kier alpha value is -1.61. The fraction of sp³-hybridized carbons (Fsp3) is 0.471. The number of oxazole rings is 1. The van der Waals surface area contributed by atoms with Crippen LogP contribution >= 0.6 is 0 Å². The maximum absolute atomic E-state index is 5.30. The fourth-order valence-electron chi connectivity index (χ4n) is 2.89. The lowest BCUT2D eigenvalue weighted by Gasteiger charge is -2.16. The third-order valence-electron chi connectivity index (χ3n) is 4.12. The van der Waals surface area contributed by atoms with Crippen LogP contribution in [-0.2, 0) is 6.54 Å². The molecule has 1 heterocycles. The summed E-state index contributed by atoms with van der Waals surface area (Å²) in [6.45, 7) is 0.960. The van der Waals surface area contributed by atoms with E-state index in [9.17, 15) is 0 Å². The predicted octanol–water partition coefficient (Wildman–Crippen LogP) is 4.15. The summed E-state index contributed by atoms with van der Waals surface area (Å²) in [6.07, 6.45) is 11.4. The van der Waals surface area contributed by atoms with Crippen LogP contribution < -0.4 is 5.32 Å². The van der Waals surface area contributed by atoms with Crippen LogP contribution in [0.15, 0.2) is 41.3 Å². The molecule has 106 valence electrons. The highest BCUT2D eigenvalue weighted by molar-refractivity contribution is 5.56. The first-order valence-electron chi connectivity index (χ1n) is 7.63. The van der Waals surface area contributed by atoms with Crippen molar-refractivity contribution in [3.8, 4) is 11.3 Å². The summed E-state index contributed by atoms with van der Waals surface area (Å²) < 4.78 is 5.30. The van der Waals surface area contributed by atoms with Gasteiger partial charge in [-0.05, 0) is 18.4 Å². The van der Waals surface area contributed by atoms with Gasteiger partial charge in [-0.3, -0.25) is 0 Å². The van der Waals surface area contributed by atoms with E-state index in [0.29, 0.717) is 6.04 Å². The summed E-state index contributed by atoms with van der Waals surface area (Å²) in [6, 6.07) is 9.24. The zero-order chi connectivity index (χ0) is 13.6. The Bertz CT molecular complexity index is 496. The number of nitrogens with zero attached hydrogens (tertiary/aromatic N) is 1. The topological polar surface area (TPSA) is 38.1 Å². The first-order chi connectivity index (χ1) is 9.92. The monoisotopic (exact) mass is 270 g/mol. The van der Waals surface area contributed by atoms with Crippen LogP contribution in [0, 0.1) is 0 Å². The molecular weight excluding hydrogens is 248 g/mol. The van der Waals surface area contributed by atoms with E-state index in [1.807, 2.05) is 0 Å². The number of nitrogens with one attached hydrogen (secondary N) is 1. The van der Waals surface area contributed by atoms with Crippen molar-refractivity contribution in [2.24, 2.45) is 0 Å². The molecule has 20 heavy (non-hydrogen) atoms. The highest BCUT2D eigenvalue weighted by atomic mass is 16.3. The molecule has 3 nitrogen and oxygen atoms in total. The smallest absolute Gasteiger partial charge is 0.181 e. The molecule has 1 aliphatic rings. The molecule has 1 aromatic heterocycles. The minimum atomic E-state index is 0.700. The minimum absolute atomic E-state index is 0.700. The van der Waals surface area contributed by atoms with Gasteiger partial charge in [0.2, 0.25) is 0 Å². The van der Waals surface area contributed by atoms with Gasteiger partial charge < -0.3 is 9.73 Å². The second kappa shape index (κ2) is 6.71. The van der Waals surface area contributed by atoms with Gasteiger partial charge in [-0.25, -0.2) is 4.98 Å². The molecule has 0 bridgehead atoms. The number of hydrogen-bond acceptors (Lipinski definition) is 3. The molecule has 3 rings (SSSR count). The lowest BCUT2D eigenvalue weighted by molar-refractivity contribution is 0.459. The Morgan fingerprint density at radius 1 is 1.05 bits per heavy atom. The molecule has 2 aromatic rings. The van der Waals surface area contributed by atoms with Crippen molar-refractivity contribution in [1.82, 2.24) is 10.3 Å². The van der Waals surface area contributed by atoms with Crippen molar-refractivity contribution in [1.29, 1.82) is 0 Å². The third-order valence-corrected chi connectivity index (χ3v) is 4.12. The van der Waals surface area contributed by atoms with E-state index in [2.05, 4.69) is 34.6 Å². The van der Waals surface area contributed by atoms with Gasteiger partial charge in [-0.15, -0.1) is 0 Å². The van der Waals surface area contributed by atoms with Gasteiger partial charge in [-0.1, -0.05) is 49.9 Å². The number of aromatic nitrogens is 1. The molecule has 0 amide bonds. The Morgan fingerprint density at radius 2 is 1.80 bits per heavy atom. The molecule has 0 spiro atoms. The quantitative estimate of drug-likeness (QED) is 0.848. The number of rotatable bonds is 4. The standard InChI is InChI=1S/C17H22N2O/c1-2-4-6-16(5-3-1)19-11-14-7-9-15(10-8-14)17-12-18-13-20-17/h7-10,12-13,16,19H,1-6,11H2. The second-order valence-corrected chi connectivity index (χ2v) is 5.63. The Morgan fingerprint density at radius 3 is 2.45 bits per heavy atom. The molecule has 0 aliphatic heterocycles. The summed E-state index contributed by atoms with van der Waals surface area (Å²) in [4.78, 5) is 3.95. The van der Waals surface area contributed by atoms with Gasteiger partial charge in [-0.2, -0.15) is 0 Å². The first kappa shape index (κ1) is 13.4. The summed E-state index contributed by atoms with van der Waals surface area (Å²) >= 11 is 0.